The highest BCUT2D eigenvalue weighted by atomic mass is 16.6. The maximum Gasteiger partial charge on any atom is 0.410 e. The van der Waals surface area contributed by atoms with Crippen LogP contribution in [0.15, 0.2) is 18.2 Å². The maximum atomic E-state index is 12.9. The lowest BCUT2D eigenvalue weighted by atomic mass is 9.86. The molecule has 0 radical (unpaired) electrons. The van der Waals surface area contributed by atoms with Gasteiger partial charge < -0.3 is 19.3 Å². The molecule has 1 aromatic carbocycles. The van der Waals surface area contributed by atoms with Gasteiger partial charge in [0.15, 0.2) is 0 Å². The largest absolute Gasteiger partial charge is 0.465 e. The first-order valence-corrected chi connectivity index (χ1v) is 10.7. The summed E-state index contributed by atoms with van der Waals surface area (Å²) in [6.07, 6.45) is 2.13. The van der Waals surface area contributed by atoms with Crippen molar-refractivity contribution in [3.63, 3.8) is 0 Å². The molecule has 0 unspecified atom stereocenters. The standard InChI is InChI=1S/C23H32N2O5/c1-5-29-20(26)15-25-13-10-17-6-7-18(14-19(17)21(25)27)16-8-11-24(12-9-16)22(28)30-23(2,3)4/h6-7,14,16H,5,8-13,15H2,1-4H3. The van der Waals surface area contributed by atoms with Crippen molar-refractivity contribution in [3.8, 4) is 0 Å². The average Bonchev–Trinajstić information content (AvgIpc) is 2.69. The van der Waals surface area contributed by atoms with Crippen LogP contribution in [0.1, 0.15) is 67.9 Å². The topological polar surface area (TPSA) is 76.2 Å². The number of benzene rings is 1. The van der Waals surface area contributed by atoms with Gasteiger partial charge >= 0.3 is 12.1 Å². The maximum absolute atomic E-state index is 12.9. The number of fused-ring (bicyclic) bond motifs is 1. The van der Waals surface area contributed by atoms with E-state index in [1.807, 2.05) is 32.9 Å². The van der Waals surface area contributed by atoms with E-state index in [4.69, 9.17) is 9.47 Å². The molecule has 0 saturated carbocycles. The molecular weight excluding hydrogens is 384 g/mol. The molecule has 1 aromatic rings. The van der Waals surface area contributed by atoms with Gasteiger partial charge in [-0.05, 0) is 70.1 Å². The van der Waals surface area contributed by atoms with Gasteiger partial charge in [-0.1, -0.05) is 12.1 Å². The Morgan fingerprint density at radius 3 is 2.47 bits per heavy atom. The zero-order valence-electron chi connectivity index (χ0n) is 18.4. The predicted molar refractivity (Wildman–Crippen MR) is 112 cm³/mol. The van der Waals surface area contributed by atoms with Crippen LogP contribution in [0.3, 0.4) is 0 Å². The molecule has 0 N–H and O–H groups in total. The quantitative estimate of drug-likeness (QED) is 0.704. The molecule has 2 heterocycles. The van der Waals surface area contributed by atoms with Crippen molar-refractivity contribution in [2.24, 2.45) is 0 Å². The van der Waals surface area contributed by atoms with Crippen molar-refractivity contribution < 1.29 is 23.9 Å². The first kappa shape index (κ1) is 22.1. The molecule has 2 aliphatic heterocycles. The summed E-state index contributed by atoms with van der Waals surface area (Å²) in [4.78, 5) is 40.3. The van der Waals surface area contributed by atoms with E-state index in [0.717, 1.165) is 30.4 Å². The lowest BCUT2D eigenvalue weighted by Gasteiger charge is -2.34. The summed E-state index contributed by atoms with van der Waals surface area (Å²) in [5, 5.41) is 0. The molecule has 0 aromatic heterocycles. The van der Waals surface area contributed by atoms with Gasteiger partial charge in [0.2, 0.25) is 0 Å². The molecule has 7 nitrogen and oxygen atoms in total. The Balaban J connectivity index is 1.64. The molecule has 30 heavy (non-hydrogen) atoms. The minimum absolute atomic E-state index is 0.00931. The molecule has 0 atom stereocenters. The van der Waals surface area contributed by atoms with Crippen molar-refractivity contribution in [1.82, 2.24) is 9.80 Å². The molecule has 164 valence electrons. The molecule has 2 amide bonds. The molecule has 0 aliphatic carbocycles. The summed E-state index contributed by atoms with van der Waals surface area (Å²) in [6, 6.07) is 6.11. The van der Waals surface area contributed by atoms with E-state index in [2.05, 4.69) is 6.07 Å². The van der Waals surface area contributed by atoms with Crippen LogP contribution in [-0.4, -0.2) is 66.2 Å². The minimum atomic E-state index is -0.498. The monoisotopic (exact) mass is 416 g/mol. The summed E-state index contributed by atoms with van der Waals surface area (Å²) in [6.45, 7) is 9.46. The number of carbonyl (C=O) groups is 3. The van der Waals surface area contributed by atoms with Gasteiger partial charge in [-0.25, -0.2) is 4.79 Å². The number of hydrogen-bond acceptors (Lipinski definition) is 5. The van der Waals surface area contributed by atoms with Gasteiger partial charge in [0, 0.05) is 25.2 Å². The first-order chi connectivity index (χ1) is 14.2. The van der Waals surface area contributed by atoms with Crippen LogP contribution < -0.4 is 0 Å². The molecular formula is C23H32N2O5. The summed E-state index contributed by atoms with van der Waals surface area (Å²) in [7, 11) is 0. The second-order valence-corrected chi connectivity index (χ2v) is 8.94. The van der Waals surface area contributed by atoms with E-state index < -0.39 is 5.60 Å². The van der Waals surface area contributed by atoms with Crippen LogP contribution >= 0.6 is 0 Å². The van der Waals surface area contributed by atoms with Crippen LogP contribution in [0.25, 0.3) is 0 Å². The molecule has 1 saturated heterocycles. The molecule has 3 rings (SSSR count). The summed E-state index contributed by atoms with van der Waals surface area (Å²) >= 11 is 0. The normalized spacial score (nSPS) is 17.5. The Kier molecular flexibility index (Phi) is 6.68. The average molecular weight is 417 g/mol. The number of likely N-dealkylation sites (tertiary alicyclic amines) is 1. The van der Waals surface area contributed by atoms with Crippen LogP contribution in [0.4, 0.5) is 4.79 Å². The Hall–Kier alpha value is -2.57. The lowest BCUT2D eigenvalue weighted by molar-refractivity contribution is -0.143. The van der Waals surface area contributed by atoms with Crippen LogP contribution in [-0.2, 0) is 20.7 Å². The van der Waals surface area contributed by atoms with E-state index in [1.165, 1.54) is 0 Å². The molecule has 7 heteroatoms. The number of carbonyl (C=O) groups excluding carboxylic acids is 3. The van der Waals surface area contributed by atoms with Gasteiger partial charge in [0.1, 0.15) is 12.1 Å². The third-order valence-corrected chi connectivity index (χ3v) is 5.55. The van der Waals surface area contributed by atoms with Gasteiger partial charge in [-0.3, -0.25) is 9.59 Å². The predicted octanol–water partition coefficient (Wildman–Crippen LogP) is 3.36. The minimum Gasteiger partial charge on any atom is -0.465 e. The Morgan fingerprint density at radius 2 is 1.83 bits per heavy atom. The van der Waals surface area contributed by atoms with E-state index in [9.17, 15) is 14.4 Å². The zero-order valence-corrected chi connectivity index (χ0v) is 18.4. The summed E-state index contributed by atoms with van der Waals surface area (Å²) in [5.74, 6) is -0.195. The van der Waals surface area contributed by atoms with Gasteiger partial charge in [0.05, 0.1) is 6.61 Å². The molecule has 2 aliphatic rings. The number of ether oxygens (including phenoxy) is 2. The highest BCUT2D eigenvalue weighted by Crippen LogP contribution is 2.31. The fraction of sp³-hybridized carbons (Fsp3) is 0.609. The van der Waals surface area contributed by atoms with Crippen molar-refractivity contribution in [2.75, 3.05) is 32.8 Å². The Bertz CT molecular complexity index is 806. The summed E-state index contributed by atoms with van der Waals surface area (Å²) < 4.78 is 10.5. The Labute approximate surface area is 178 Å². The number of nitrogens with zero attached hydrogens (tertiary/aromatic N) is 2. The second kappa shape index (κ2) is 9.06. The molecule has 0 bridgehead atoms. The first-order valence-electron chi connectivity index (χ1n) is 10.7. The fourth-order valence-electron chi connectivity index (χ4n) is 4.03. The van der Waals surface area contributed by atoms with Crippen LogP contribution in [0, 0.1) is 0 Å². The zero-order chi connectivity index (χ0) is 21.9. The Morgan fingerprint density at radius 1 is 1.13 bits per heavy atom. The molecule has 1 fully saturated rings. The third-order valence-electron chi connectivity index (χ3n) is 5.55. The highest BCUT2D eigenvalue weighted by Gasteiger charge is 2.30. The fourth-order valence-corrected chi connectivity index (χ4v) is 4.03. The smallest absolute Gasteiger partial charge is 0.410 e. The van der Waals surface area contributed by atoms with Crippen LogP contribution in [0.5, 0.6) is 0 Å². The SMILES string of the molecule is CCOC(=O)CN1CCc2ccc(C3CCN(C(=O)OC(C)(C)C)CC3)cc2C1=O. The molecule has 0 spiro atoms. The summed E-state index contributed by atoms with van der Waals surface area (Å²) in [5.41, 5.74) is 2.32. The van der Waals surface area contributed by atoms with Gasteiger partial charge in [0.25, 0.3) is 5.91 Å². The lowest BCUT2D eigenvalue weighted by Crippen LogP contribution is -2.42. The van der Waals surface area contributed by atoms with Crippen molar-refractivity contribution in [2.45, 2.75) is 58.5 Å². The van der Waals surface area contributed by atoms with Crippen LogP contribution in [0.2, 0.25) is 0 Å². The van der Waals surface area contributed by atoms with E-state index in [1.54, 1.807) is 16.7 Å². The third kappa shape index (κ3) is 5.32. The highest BCUT2D eigenvalue weighted by molar-refractivity contribution is 5.98. The number of piperidine rings is 1. The van der Waals surface area contributed by atoms with Crippen molar-refractivity contribution >= 4 is 18.0 Å². The van der Waals surface area contributed by atoms with Crippen molar-refractivity contribution in [1.29, 1.82) is 0 Å². The van der Waals surface area contributed by atoms with Gasteiger partial charge in [-0.2, -0.15) is 0 Å². The number of esters is 1. The van der Waals surface area contributed by atoms with E-state index >= 15 is 0 Å². The van der Waals surface area contributed by atoms with Crippen molar-refractivity contribution in [3.05, 3.63) is 34.9 Å². The van der Waals surface area contributed by atoms with Gasteiger partial charge in [-0.15, -0.1) is 0 Å². The number of hydrogen-bond donors (Lipinski definition) is 0. The van der Waals surface area contributed by atoms with E-state index in [0.29, 0.717) is 37.7 Å². The number of amides is 2. The second-order valence-electron chi connectivity index (χ2n) is 8.94. The van der Waals surface area contributed by atoms with E-state index in [-0.39, 0.29) is 24.5 Å². The number of rotatable bonds is 4.